The van der Waals surface area contributed by atoms with E-state index in [1.165, 1.54) is 0 Å². The van der Waals surface area contributed by atoms with Crippen LogP contribution in [0.15, 0.2) is 0 Å². The average molecular weight is 344 g/mol. The molecule has 8 unspecified atom stereocenters. The second-order valence-electron chi connectivity index (χ2n) is 8.49. The molecule has 8 atom stereocenters. The van der Waals surface area contributed by atoms with Crippen molar-refractivity contribution in [1.29, 1.82) is 0 Å². The fraction of sp³-hybridized carbons (Fsp3) is 1.00. The highest BCUT2D eigenvalue weighted by atomic mass is 17.2. The lowest BCUT2D eigenvalue weighted by atomic mass is 10.00. The van der Waals surface area contributed by atoms with E-state index in [0.717, 1.165) is 32.1 Å². The first kappa shape index (κ1) is 18.5. The van der Waals surface area contributed by atoms with Gasteiger partial charge in [0, 0.05) is 18.8 Å². The number of aliphatic hydroxyl groups is 3. The Morgan fingerprint density at radius 3 is 2.38 bits per heavy atom. The number of ether oxygens (including phenoxy) is 1. The van der Waals surface area contributed by atoms with Crippen LogP contribution in [0.5, 0.6) is 0 Å². The van der Waals surface area contributed by atoms with Crippen molar-refractivity contribution in [2.75, 3.05) is 0 Å². The molecule has 0 heterocycles. The van der Waals surface area contributed by atoms with Crippen LogP contribution in [0.1, 0.15) is 65.7 Å². The first-order valence-corrected chi connectivity index (χ1v) is 9.30. The molecule has 0 spiro atoms. The molecule has 0 aliphatic heterocycles. The van der Waals surface area contributed by atoms with E-state index >= 15 is 0 Å². The summed E-state index contributed by atoms with van der Waals surface area (Å²) in [5, 5.41) is 30.4. The van der Waals surface area contributed by atoms with Gasteiger partial charge in [-0.05, 0) is 46.0 Å². The van der Waals surface area contributed by atoms with Crippen LogP contribution in [0.2, 0.25) is 0 Å². The van der Waals surface area contributed by atoms with E-state index in [4.69, 9.17) is 14.5 Å². The standard InChI is InChI=1S/C18H32O6/c1-11-13(20)6-7-14(11)23-24-18(3)10-12(19)9-16(18)22-15-5-4-8-17(15,2)21/h11-16,19-21H,4-10H2,1-3H3. The summed E-state index contributed by atoms with van der Waals surface area (Å²) < 4.78 is 6.17. The van der Waals surface area contributed by atoms with Gasteiger partial charge in [-0.1, -0.05) is 6.92 Å². The Hall–Kier alpha value is -0.240. The summed E-state index contributed by atoms with van der Waals surface area (Å²) in [7, 11) is 0. The van der Waals surface area contributed by atoms with Crippen molar-refractivity contribution in [3.05, 3.63) is 0 Å². The molecule has 3 rings (SSSR count). The number of hydrogen-bond acceptors (Lipinski definition) is 6. The third-order valence-corrected chi connectivity index (χ3v) is 6.28. The second-order valence-corrected chi connectivity index (χ2v) is 8.49. The molecule has 0 aromatic rings. The van der Waals surface area contributed by atoms with Gasteiger partial charge in [0.2, 0.25) is 0 Å². The Labute approximate surface area is 144 Å². The van der Waals surface area contributed by atoms with Crippen molar-refractivity contribution in [3.63, 3.8) is 0 Å². The summed E-state index contributed by atoms with van der Waals surface area (Å²) in [6, 6.07) is 0. The van der Waals surface area contributed by atoms with Gasteiger partial charge in [-0.15, -0.1) is 0 Å². The lowest BCUT2D eigenvalue weighted by Gasteiger charge is -2.36. The predicted molar refractivity (Wildman–Crippen MR) is 87.1 cm³/mol. The maximum absolute atomic E-state index is 10.4. The van der Waals surface area contributed by atoms with Crippen LogP contribution in [0.4, 0.5) is 0 Å². The van der Waals surface area contributed by atoms with Gasteiger partial charge in [0.05, 0.1) is 36.1 Å². The third kappa shape index (κ3) is 3.64. The zero-order chi connectivity index (χ0) is 17.5. The zero-order valence-electron chi connectivity index (χ0n) is 15.0. The molecule has 0 amide bonds. The molecule has 0 aromatic heterocycles. The van der Waals surface area contributed by atoms with E-state index < -0.39 is 17.3 Å². The fourth-order valence-electron chi connectivity index (χ4n) is 4.41. The number of aliphatic hydroxyl groups excluding tert-OH is 2. The minimum atomic E-state index is -0.820. The van der Waals surface area contributed by atoms with Crippen molar-refractivity contribution in [2.24, 2.45) is 5.92 Å². The van der Waals surface area contributed by atoms with E-state index in [2.05, 4.69) is 0 Å². The number of hydrogen-bond donors (Lipinski definition) is 3. The molecule has 0 bridgehead atoms. The predicted octanol–water partition coefficient (Wildman–Crippen LogP) is 1.70. The Morgan fingerprint density at radius 1 is 1.04 bits per heavy atom. The van der Waals surface area contributed by atoms with E-state index in [1.807, 2.05) is 20.8 Å². The van der Waals surface area contributed by atoms with Gasteiger partial charge in [-0.2, -0.15) is 0 Å². The molecule has 24 heavy (non-hydrogen) atoms. The smallest absolute Gasteiger partial charge is 0.129 e. The minimum absolute atomic E-state index is 0.0369. The largest absolute Gasteiger partial charge is 0.393 e. The molecular formula is C18H32O6. The fourth-order valence-corrected chi connectivity index (χ4v) is 4.41. The zero-order valence-corrected chi connectivity index (χ0v) is 15.0. The average Bonchev–Trinajstić information content (AvgIpc) is 3.09. The molecule has 0 aromatic carbocycles. The van der Waals surface area contributed by atoms with Crippen molar-refractivity contribution in [1.82, 2.24) is 0 Å². The van der Waals surface area contributed by atoms with Crippen LogP contribution < -0.4 is 0 Å². The minimum Gasteiger partial charge on any atom is -0.393 e. The van der Waals surface area contributed by atoms with Gasteiger partial charge in [-0.3, -0.25) is 0 Å². The van der Waals surface area contributed by atoms with E-state index in [0.29, 0.717) is 12.8 Å². The SMILES string of the molecule is CC1C(O)CCC1OOC1(C)CC(O)CC1OC1CCCC1(C)O. The van der Waals surface area contributed by atoms with Crippen LogP contribution in [-0.2, 0) is 14.5 Å². The normalized spacial score (nSPS) is 52.2. The Bertz CT molecular complexity index is 441. The van der Waals surface area contributed by atoms with Crippen molar-refractivity contribution >= 4 is 0 Å². The molecular weight excluding hydrogens is 312 g/mol. The molecule has 3 aliphatic carbocycles. The lowest BCUT2D eigenvalue weighted by molar-refractivity contribution is -0.400. The molecule has 6 heteroatoms. The van der Waals surface area contributed by atoms with Crippen LogP contribution in [-0.4, -0.2) is 57.0 Å². The van der Waals surface area contributed by atoms with Crippen molar-refractivity contribution in [3.8, 4) is 0 Å². The maximum atomic E-state index is 10.4. The van der Waals surface area contributed by atoms with Crippen molar-refractivity contribution in [2.45, 2.75) is 107 Å². The van der Waals surface area contributed by atoms with E-state index in [1.54, 1.807) is 0 Å². The van der Waals surface area contributed by atoms with Crippen LogP contribution in [0, 0.1) is 5.92 Å². The summed E-state index contributed by atoms with van der Waals surface area (Å²) in [5.41, 5.74) is -1.56. The molecule has 3 fully saturated rings. The van der Waals surface area contributed by atoms with Crippen molar-refractivity contribution < 1.29 is 29.8 Å². The van der Waals surface area contributed by atoms with Crippen LogP contribution >= 0.6 is 0 Å². The summed E-state index contributed by atoms with van der Waals surface area (Å²) in [6.45, 7) is 5.67. The molecule has 140 valence electrons. The lowest BCUT2D eigenvalue weighted by Crippen LogP contribution is -2.46. The summed E-state index contributed by atoms with van der Waals surface area (Å²) in [5.74, 6) is 0.0369. The van der Waals surface area contributed by atoms with Gasteiger partial charge < -0.3 is 20.1 Å². The van der Waals surface area contributed by atoms with Gasteiger partial charge in [-0.25, -0.2) is 9.78 Å². The summed E-state index contributed by atoms with van der Waals surface area (Å²) in [4.78, 5) is 11.4. The molecule has 3 N–H and O–H groups in total. The number of rotatable bonds is 5. The Kier molecular flexibility index (Phi) is 5.27. The highest BCUT2D eigenvalue weighted by Crippen LogP contribution is 2.41. The first-order valence-electron chi connectivity index (χ1n) is 9.30. The molecule has 0 saturated heterocycles. The molecule has 3 aliphatic rings. The third-order valence-electron chi connectivity index (χ3n) is 6.28. The van der Waals surface area contributed by atoms with Gasteiger partial charge in [0.15, 0.2) is 0 Å². The van der Waals surface area contributed by atoms with E-state index in [-0.39, 0.29) is 30.3 Å². The first-order chi connectivity index (χ1) is 11.2. The van der Waals surface area contributed by atoms with E-state index in [9.17, 15) is 15.3 Å². The topological polar surface area (TPSA) is 88.4 Å². The van der Waals surface area contributed by atoms with Gasteiger partial charge in [0.25, 0.3) is 0 Å². The van der Waals surface area contributed by atoms with Crippen LogP contribution in [0.3, 0.4) is 0 Å². The van der Waals surface area contributed by atoms with Gasteiger partial charge in [0.1, 0.15) is 5.60 Å². The van der Waals surface area contributed by atoms with Gasteiger partial charge >= 0.3 is 0 Å². The second kappa shape index (κ2) is 6.82. The molecule has 3 saturated carbocycles. The summed E-state index contributed by atoms with van der Waals surface area (Å²) >= 11 is 0. The highest BCUT2D eigenvalue weighted by Gasteiger charge is 2.51. The molecule has 6 nitrogen and oxygen atoms in total. The Morgan fingerprint density at radius 2 is 1.79 bits per heavy atom. The molecule has 0 radical (unpaired) electrons. The highest BCUT2D eigenvalue weighted by molar-refractivity contribution is 4.99. The summed E-state index contributed by atoms with van der Waals surface area (Å²) in [6.07, 6.45) is 3.38. The Balaban J connectivity index is 1.61. The monoisotopic (exact) mass is 344 g/mol. The quantitative estimate of drug-likeness (QED) is 0.520. The maximum Gasteiger partial charge on any atom is 0.129 e. The van der Waals surface area contributed by atoms with Crippen LogP contribution in [0.25, 0.3) is 0 Å².